The Balaban J connectivity index is 0.00000225. The minimum absolute atomic E-state index is 0. The van der Waals surface area contributed by atoms with E-state index in [0.29, 0.717) is 0 Å². The summed E-state index contributed by atoms with van der Waals surface area (Å²) >= 11 is 0. The van der Waals surface area contributed by atoms with Crippen molar-refractivity contribution in [2.24, 2.45) is 0 Å². The zero-order valence-electron chi connectivity index (χ0n) is 8.22. The molecule has 0 heterocycles. The first-order valence-electron chi connectivity index (χ1n) is 3.69. The molecular weight excluding hydrogens is 227 g/mol. The molecule has 78 valence electrons. The van der Waals surface area contributed by atoms with Crippen LogP contribution in [-0.2, 0) is 0 Å². The van der Waals surface area contributed by atoms with E-state index in [2.05, 4.69) is 6.07 Å². The molecule has 0 unspecified atom stereocenters. The molecule has 0 bridgehead atoms. The molecule has 7 heteroatoms. The summed E-state index contributed by atoms with van der Waals surface area (Å²) in [6.45, 7) is 0. The largest absolute Gasteiger partial charge is 1.00 e. The van der Waals surface area contributed by atoms with Crippen LogP contribution in [0.1, 0.15) is 31.1 Å². The van der Waals surface area contributed by atoms with Gasteiger partial charge in [0.25, 0.3) is 11.9 Å². The summed E-state index contributed by atoms with van der Waals surface area (Å²) in [4.78, 5) is 32.0. The molecule has 0 atom stereocenters. The maximum atomic E-state index is 10.7. The smallest absolute Gasteiger partial charge is 0.487 e. The van der Waals surface area contributed by atoms with Crippen LogP contribution >= 0.6 is 0 Å². The van der Waals surface area contributed by atoms with Gasteiger partial charge in [-0.1, -0.05) is 0 Å². The fourth-order valence-corrected chi connectivity index (χ4v) is 1.07. The van der Waals surface area contributed by atoms with Crippen LogP contribution in [0.25, 0.3) is 0 Å². The van der Waals surface area contributed by atoms with Crippen LogP contribution in [0, 0.1) is 6.07 Å². The Hall–Kier alpha value is -1.37. The Morgan fingerprint density at radius 2 is 1.25 bits per heavy atom. The van der Waals surface area contributed by atoms with E-state index in [1.165, 1.54) is 0 Å². The number of aromatic carboxylic acids is 3. The molecule has 0 aliphatic rings. The second-order valence-corrected chi connectivity index (χ2v) is 2.57. The van der Waals surface area contributed by atoms with Gasteiger partial charge in [-0.25, -0.2) is 4.79 Å². The van der Waals surface area contributed by atoms with Gasteiger partial charge in [-0.2, -0.15) is 18.2 Å². The van der Waals surface area contributed by atoms with Crippen molar-refractivity contribution in [3.05, 3.63) is 34.9 Å². The van der Waals surface area contributed by atoms with E-state index in [4.69, 9.17) is 15.3 Å². The monoisotopic (exact) mass is 232 g/mol. The molecule has 1 aromatic rings. The predicted molar refractivity (Wildman–Crippen MR) is 46.2 cm³/mol. The summed E-state index contributed by atoms with van der Waals surface area (Å²) in [5.41, 5.74) is -1.93. The van der Waals surface area contributed by atoms with Gasteiger partial charge in [0.2, 0.25) is 0 Å². The van der Waals surface area contributed by atoms with E-state index in [1.807, 2.05) is 0 Å². The number of benzene rings is 1. The molecule has 3 N–H and O–H groups in total. The van der Waals surface area contributed by atoms with Crippen LogP contribution in [0.4, 0.5) is 0 Å². The number of hydrogen-bond donors (Lipinski definition) is 3. The van der Waals surface area contributed by atoms with Gasteiger partial charge in [0.15, 0.2) is 0 Å². The van der Waals surface area contributed by atoms with Gasteiger partial charge in [0.05, 0.1) is 0 Å². The van der Waals surface area contributed by atoms with Crippen LogP contribution in [0.5, 0.6) is 0 Å². The van der Waals surface area contributed by atoms with E-state index < -0.39 is 34.6 Å². The summed E-state index contributed by atoms with van der Waals surface area (Å²) in [6.07, 6.45) is 0. The van der Waals surface area contributed by atoms with Crippen molar-refractivity contribution in [1.82, 2.24) is 0 Å². The van der Waals surface area contributed by atoms with Gasteiger partial charge < -0.3 is 15.3 Å². The Morgan fingerprint density at radius 3 is 1.50 bits per heavy atom. The Kier molecular flexibility index (Phi) is 5.16. The summed E-state index contributed by atoms with van der Waals surface area (Å²) in [5.74, 6) is -4.61. The van der Waals surface area contributed by atoms with Gasteiger partial charge in [-0.15, -0.1) is 0 Å². The van der Waals surface area contributed by atoms with E-state index in [1.54, 1.807) is 0 Å². The minimum Gasteiger partial charge on any atom is -0.487 e. The summed E-state index contributed by atoms with van der Waals surface area (Å²) < 4.78 is 0. The van der Waals surface area contributed by atoms with Crippen LogP contribution in [0.2, 0.25) is 0 Å². The van der Waals surface area contributed by atoms with Crippen molar-refractivity contribution in [1.29, 1.82) is 0 Å². The maximum absolute atomic E-state index is 10.7. The molecule has 1 aromatic carbocycles. The molecule has 0 spiro atoms. The summed E-state index contributed by atoms with van der Waals surface area (Å²) in [6, 6.07) is 4.09. The fourth-order valence-electron chi connectivity index (χ4n) is 1.07. The van der Waals surface area contributed by atoms with Crippen LogP contribution in [0.15, 0.2) is 12.1 Å². The average molecular weight is 232 g/mol. The third-order valence-corrected chi connectivity index (χ3v) is 1.67. The Labute approximate surface area is 112 Å². The van der Waals surface area contributed by atoms with Crippen LogP contribution in [0.3, 0.4) is 0 Å². The summed E-state index contributed by atoms with van der Waals surface area (Å²) in [7, 11) is 0. The zero-order chi connectivity index (χ0) is 11.6. The molecule has 1 rings (SSSR count). The minimum atomic E-state index is -1.60. The second-order valence-electron chi connectivity index (χ2n) is 2.57. The van der Waals surface area contributed by atoms with Gasteiger partial charge in [-0.05, 0) is 16.7 Å². The van der Waals surface area contributed by atoms with Gasteiger partial charge in [0.1, 0.15) is 0 Å². The first kappa shape index (κ1) is 14.6. The molecule has 0 saturated carbocycles. The number of hydrogen-bond acceptors (Lipinski definition) is 3. The Bertz CT molecular complexity index is 421. The topological polar surface area (TPSA) is 112 Å². The molecule has 6 nitrogen and oxygen atoms in total. The van der Waals surface area contributed by atoms with Crippen molar-refractivity contribution in [3.8, 4) is 0 Å². The second kappa shape index (κ2) is 5.64. The standard InChI is InChI=1S/C9H5O6.Na/c10-7(11)4-2-1-3-5(8(12)13)6(4)9(14)15;/h2-3H,(H,10,11)(H,12,13)(H,14,15);/q-1;+1. The fraction of sp³-hybridized carbons (Fsp3) is 0. The van der Waals surface area contributed by atoms with E-state index in [0.717, 1.165) is 12.1 Å². The predicted octanol–water partition coefficient (Wildman–Crippen LogP) is -2.41. The third-order valence-electron chi connectivity index (χ3n) is 1.67. The first-order chi connectivity index (χ1) is 6.95. The van der Waals surface area contributed by atoms with E-state index in [-0.39, 0.29) is 29.6 Å². The maximum Gasteiger partial charge on any atom is 1.00 e. The molecule has 0 fully saturated rings. The zero-order valence-corrected chi connectivity index (χ0v) is 10.2. The van der Waals surface area contributed by atoms with Gasteiger partial charge >= 0.3 is 35.5 Å². The van der Waals surface area contributed by atoms with Crippen molar-refractivity contribution in [2.75, 3.05) is 0 Å². The molecule has 0 radical (unpaired) electrons. The van der Waals surface area contributed by atoms with E-state index in [9.17, 15) is 14.4 Å². The normalized spacial score (nSPS) is 9.00. The van der Waals surface area contributed by atoms with E-state index >= 15 is 0 Å². The SMILES string of the molecule is O=C(O)c1c[c-]cc(C(=O)O)c1C(=O)O.[Na+]. The molecule has 0 aliphatic heterocycles. The van der Waals surface area contributed by atoms with Crippen molar-refractivity contribution in [2.45, 2.75) is 0 Å². The third kappa shape index (κ3) is 2.82. The van der Waals surface area contributed by atoms with Crippen molar-refractivity contribution in [3.63, 3.8) is 0 Å². The molecule has 0 amide bonds. The quantitative estimate of drug-likeness (QED) is 0.395. The van der Waals surface area contributed by atoms with Crippen LogP contribution in [-0.4, -0.2) is 33.2 Å². The Morgan fingerprint density at radius 1 is 0.875 bits per heavy atom. The number of rotatable bonds is 3. The van der Waals surface area contributed by atoms with Crippen LogP contribution < -0.4 is 29.6 Å². The number of carboxylic acid groups (broad SMARTS) is 3. The average Bonchev–Trinajstić information content (AvgIpc) is 2.16. The van der Waals surface area contributed by atoms with Gasteiger partial charge in [-0.3, -0.25) is 9.59 Å². The van der Waals surface area contributed by atoms with Crippen molar-refractivity contribution >= 4 is 17.9 Å². The molecule has 0 aromatic heterocycles. The molecule has 16 heavy (non-hydrogen) atoms. The number of carbonyl (C=O) groups is 3. The van der Waals surface area contributed by atoms with Crippen molar-refractivity contribution < 1.29 is 59.3 Å². The summed E-state index contributed by atoms with van der Waals surface area (Å²) in [5, 5.41) is 26.0. The number of carboxylic acids is 3. The molecule has 0 saturated heterocycles. The molecular formula is C9H5NaO6. The van der Waals surface area contributed by atoms with Gasteiger partial charge in [0, 0.05) is 0 Å². The first-order valence-corrected chi connectivity index (χ1v) is 3.69. The molecule has 0 aliphatic carbocycles.